The molecule has 1 aromatic rings. The van der Waals surface area contributed by atoms with E-state index in [4.69, 9.17) is 9.84 Å². The fourth-order valence-corrected chi connectivity index (χ4v) is 2.01. The van der Waals surface area contributed by atoms with Gasteiger partial charge in [0.2, 0.25) is 0 Å². The molecule has 0 saturated heterocycles. The van der Waals surface area contributed by atoms with Crippen molar-refractivity contribution in [2.45, 2.75) is 25.8 Å². The summed E-state index contributed by atoms with van der Waals surface area (Å²) in [4.78, 5) is 34.4. The molecular formula is C14H16N2O5. The minimum absolute atomic E-state index is 0.0594. The number of benzene rings is 1. The fourth-order valence-electron chi connectivity index (χ4n) is 2.01. The summed E-state index contributed by atoms with van der Waals surface area (Å²) in [6.45, 7) is 1.78. The number of carboxylic acid groups (broad SMARTS) is 1. The first-order valence-corrected chi connectivity index (χ1v) is 6.61. The maximum absolute atomic E-state index is 12.1. The summed E-state index contributed by atoms with van der Waals surface area (Å²) >= 11 is 0. The predicted molar refractivity (Wildman–Crippen MR) is 74.4 cm³/mol. The number of anilines is 1. The molecule has 0 saturated carbocycles. The Labute approximate surface area is 121 Å². The zero-order valence-electron chi connectivity index (χ0n) is 11.5. The number of hydrogen-bond donors (Lipinski definition) is 3. The number of carbonyl (C=O) groups excluding carboxylic acids is 2. The van der Waals surface area contributed by atoms with Crippen molar-refractivity contribution >= 4 is 23.5 Å². The number of fused-ring (bicyclic) bond motifs is 1. The molecule has 0 aliphatic carbocycles. The Balaban J connectivity index is 2.14. The smallest absolute Gasteiger partial charge is 0.326 e. The van der Waals surface area contributed by atoms with E-state index in [1.54, 1.807) is 6.07 Å². The first-order valence-electron chi connectivity index (χ1n) is 6.61. The van der Waals surface area contributed by atoms with Crippen molar-refractivity contribution in [3.8, 4) is 5.75 Å². The van der Waals surface area contributed by atoms with Crippen molar-refractivity contribution in [2.24, 2.45) is 0 Å². The quantitative estimate of drug-likeness (QED) is 0.751. The highest BCUT2D eigenvalue weighted by molar-refractivity contribution is 6.00. The first-order chi connectivity index (χ1) is 10.0. The minimum atomic E-state index is -1.07. The number of nitrogens with one attached hydrogen (secondary N) is 2. The Bertz CT molecular complexity index is 585. The van der Waals surface area contributed by atoms with E-state index in [0.29, 0.717) is 24.3 Å². The van der Waals surface area contributed by atoms with Gasteiger partial charge in [0.15, 0.2) is 6.61 Å². The molecule has 0 fully saturated rings. The molecule has 0 bridgehead atoms. The van der Waals surface area contributed by atoms with Crippen LogP contribution in [0.4, 0.5) is 5.69 Å². The van der Waals surface area contributed by atoms with E-state index in [9.17, 15) is 14.4 Å². The van der Waals surface area contributed by atoms with Gasteiger partial charge in [0.25, 0.3) is 11.8 Å². The molecule has 7 heteroatoms. The van der Waals surface area contributed by atoms with E-state index in [1.165, 1.54) is 12.1 Å². The Kier molecular flexibility index (Phi) is 4.42. The van der Waals surface area contributed by atoms with Gasteiger partial charge < -0.3 is 20.5 Å². The molecule has 1 atom stereocenters. The van der Waals surface area contributed by atoms with Crippen LogP contribution in [0.5, 0.6) is 5.75 Å². The van der Waals surface area contributed by atoms with E-state index in [0.717, 1.165) is 0 Å². The number of carbonyl (C=O) groups is 3. The lowest BCUT2D eigenvalue weighted by Gasteiger charge is -2.19. The molecule has 1 aliphatic rings. The van der Waals surface area contributed by atoms with Crippen molar-refractivity contribution in [1.82, 2.24) is 5.32 Å². The minimum Gasteiger partial charge on any atom is -0.482 e. The second kappa shape index (κ2) is 6.25. The summed E-state index contributed by atoms with van der Waals surface area (Å²) in [6.07, 6.45) is 0.997. The highest BCUT2D eigenvalue weighted by Gasteiger charge is 2.22. The highest BCUT2D eigenvalue weighted by atomic mass is 16.5. The van der Waals surface area contributed by atoms with Gasteiger partial charge in [0.05, 0.1) is 5.69 Å². The monoisotopic (exact) mass is 292 g/mol. The average Bonchev–Trinajstić information content (AvgIpc) is 2.45. The molecule has 0 spiro atoms. The van der Waals surface area contributed by atoms with Crippen LogP contribution in [0.2, 0.25) is 0 Å². The third kappa shape index (κ3) is 3.50. The molecule has 1 aromatic carbocycles. The maximum Gasteiger partial charge on any atom is 0.326 e. The van der Waals surface area contributed by atoms with E-state index in [-0.39, 0.29) is 18.1 Å². The molecule has 2 rings (SSSR count). The summed E-state index contributed by atoms with van der Waals surface area (Å²) in [5.41, 5.74) is 0.670. The maximum atomic E-state index is 12.1. The van der Waals surface area contributed by atoms with Gasteiger partial charge in [0, 0.05) is 5.56 Å². The van der Waals surface area contributed by atoms with Crippen LogP contribution in [0.1, 0.15) is 30.1 Å². The number of carboxylic acids is 1. The lowest BCUT2D eigenvalue weighted by atomic mass is 10.1. The van der Waals surface area contributed by atoms with E-state index in [2.05, 4.69) is 10.6 Å². The van der Waals surface area contributed by atoms with Crippen molar-refractivity contribution in [3.63, 3.8) is 0 Å². The number of aliphatic carboxylic acids is 1. The van der Waals surface area contributed by atoms with Crippen LogP contribution in [0.15, 0.2) is 18.2 Å². The Morgan fingerprint density at radius 2 is 2.24 bits per heavy atom. The number of ether oxygens (including phenoxy) is 1. The van der Waals surface area contributed by atoms with Gasteiger partial charge in [-0.3, -0.25) is 9.59 Å². The molecule has 0 aromatic heterocycles. The van der Waals surface area contributed by atoms with Crippen LogP contribution in [0.25, 0.3) is 0 Å². The van der Waals surface area contributed by atoms with Crippen molar-refractivity contribution in [2.75, 3.05) is 11.9 Å². The Hall–Kier alpha value is -2.57. The standard InChI is InChI=1S/C14H16N2O5/c1-2-3-9(14(19)20)16-13(18)8-4-5-11-10(6-8)15-12(17)7-21-11/h4-6,9H,2-3,7H2,1H3,(H,15,17)(H,16,18)(H,19,20). The Morgan fingerprint density at radius 3 is 2.90 bits per heavy atom. The zero-order chi connectivity index (χ0) is 15.4. The van der Waals surface area contributed by atoms with Gasteiger partial charge >= 0.3 is 5.97 Å². The van der Waals surface area contributed by atoms with Crippen LogP contribution in [-0.2, 0) is 9.59 Å². The molecule has 1 unspecified atom stereocenters. The van der Waals surface area contributed by atoms with Crippen molar-refractivity contribution in [1.29, 1.82) is 0 Å². The van der Waals surface area contributed by atoms with Crippen molar-refractivity contribution < 1.29 is 24.2 Å². The normalized spacial score (nSPS) is 14.4. The second-order valence-corrected chi connectivity index (χ2v) is 4.70. The summed E-state index contributed by atoms with van der Waals surface area (Å²) in [5.74, 6) is -1.39. The van der Waals surface area contributed by atoms with E-state index in [1.807, 2.05) is 6.92 Å². The number of hydrogen-bond acceptors (Lipinski definition) is 4. The molecule has 21 heavy (non-hydrogen) atoms. The number of rotatable bonds is 5. The zero-order valence-corrected chi connectivity index (χ0v) is 11.5. The Morgan fingerprint density at radius 1 is 1.48 bits per heavy atom. The first kappa shape index (κ1) is 14.8. The molecule has 112 valence electrons. The molecule has 1 heterocycles. The third-order valence-corrected chi connectivity index (χ3v) is 3.06. The molecule has 2 amide bonds. The van der Waals surface area contributed by atoms with Crippen LogP contribution < -0.4 is 15.4 Å². The number of amides is 2. The average molecular weight is 292 g/mol. The summed E-state index contributed by atoms with van der Waals surface area (Å²) in [5, 5.41) is 14.1. The topological polar surface area (TPSA) is 105 Å². The second-order valence-electron chi connectivity index (χ2n) is 4.70. The van der Waals surface area contributed by atoms with Gasteiger partial charge in [-0.1, -0.05) is 13.3 Å². The fraction of sp³-hybridized carbons (Fsp3) is 0.357. The SMILES string of the molecule is CCCC(NC(=O)c1ccc2c(c1)NC(=O)CO2)C(=O)O. The van der Waals surface area contributed by atoms with Crippen LogP contribution in [0.3, 0.4) is 0 Å². The molecule has 0 radical (unpaired) electrons. The van der Waals surface area contributed by atoms with Gasteiger partial charge in [-0.15, -0.1) is 0 Å². The van der Waals surface area contributed by atoms with Gasteiger partial charge in [-0.25, -0.2) is 4.79 Å². The molecule has 3 N–H and O–H groups in total. The van der Waals surface area contributed by atoms with Gasteiger partial charge in [-0.2, -0.15) is 0 Å². The lowest BCUT2D eigenvalue weighted by molar-refractivity contribution is -0.139. The lowest BCUT2D eigenvalue weighted by Crippen LogP contribution is -2.40. The van der Waals surface area contributed by atoms with Crippen LogP contribution >= 0.6 is 0 Å². The van der Waals surface area contributed by atoms with Gasteiger partial charge in [-0.05, 0) is 24.6 Å². The largest absolute Gasteiger partial charge is 0.482 e. The van der Waals surface area contributed by atoms with E-state index >= 15 is 0 Å². The molecular weight excluding hydrogens is 276 g/mol. The van der Waals surface area contributed by atoms with Crippen LogP contribution in [0, 0.1) is 0 Å². The third-order valence-electron chi connectivity index (χ3n) is 3.06. The van der Waals surface area contributed by atoms with E-state index < -0.39 is 17.9 Å². The van der Waals surface area contributed by atoms with Crippen molar-refractivity contribution in [3.05, 3.63) is 23.8 Å². The summed E-state index contributed by atoms with van der Waals surface area (Å²) in [7, 11) is 0. The van der Waals surface area contributed by atoms with Gasteiger partial charge in [0.1, 0.15) is 11.8 Å². The molecule has 1 aliphatic heterocycles. The summed E-state index contributed by atoms with van der Waals surface area (Å²) < 4.78 is 5.19. The molecule has 7 nitrogen and oxygen atoms in total. The highest BCUT2D eigenvalue weighted by Crippen LogP contribution is 2.28. The van der Waals surface area contributed by atoms with Crippen LogP contribution in [-0.4, -0.2) is 35.5 Å². The predicted octanol–water partition coefficient (Wildman–Crippen LogP) is 1.00. The summed E-state index contributed by atoms with van der Waals surface area (Å²) in [6, 6.07) is 3.63.